The minimum Gasteiger partial charge on any atom is -0.370 e. The third-order valence-corrected chi connectivity index (χ3v) is 4.46. The highest BCUT2D eigenvalue weighted by Crippen LogP contribution is 2.18. The molecular formula is C22H31IN4O. The molecule has 0 bridgehead atoms. The van der Waals surface area contributed by atoms with Crippen molar-refractivity contribution in [3.63, 3.8) is 0 Å². The Morgan fingerprint density at radius 1 is 1.11 bits per heavy atom. The summed E-state index contributed by atoms with van der Waals surface area (Å²) < 4.78 is 0. The van der Waals surface area contributed by atoms with E-state index in [1.54, 1.807) is 0 Å². The number of rotatable bonds is 7. The lowest BCUT2D eigenvalue weighted by molar-refractivity contribution is 0.0939. The van der Waals surface area contributed by atoms with E-state index in [0.29, 0.717) is 24.0 Å². The van der Waals surface area contributed by atoms with E-state index in [2.05, 4.69) is 41.6 Å². The Morgan fingerprint density at radius 3 is 2.39 bits per heavy atom. The SMILES string of the molecule is CCC(C)NC(=O)c1ccc(CN=C(N)Nc2cccc(C(C)C)c2)cc1.I. The van der Waals surface area contributed by atoms with Crippen molar-refractivity contribution in [1.29, 1.82) is 0 Å². The first-order valence-electron chi connectivity index (χ1n) is 9.45. The summed E-state index contributed by atoms with van der Waals surface area (Å²) in [4.78, 5) is 16.5. The highest BCUT2D eigenvalue weighted by atomic mass is 127. The van der Waals surface area contributed by atoms with E-state index >= 15 is 0 Å². The molecule has 0 saturated carbocycles. The average molecular weight is 494 g/mol. The van der Waals surface area contributed by atoms with Crippen molar-refractivity contribution in [2.75, 3.05) is 5.32 Å². The molecule has 6 heteroatoms. The third kappa shape index (κ3) is 7.50. The molecule has 2 aromatic carbocycles. The summed E-state index contributed by atoms with van der Waals surface area (Å²) in [5.41, 5.74) is 9.83. The van der Waals surface area contributed by atoms with Gasteiger partial charge in [-0.05, 0) is 54.7 Å². The fraction of sp³-hybridized carbons (Fsp3) is 0.364. The number of aliphatic imine (C=N–C) groups is 1. The van der Waals surface area contributed by atoms with Crippen molar-refractivity contribution in [2.45, 2.75) is 52.6 Å². The predicted molar refractivity (Wildman–Crippen MR) is 129 cm³/mol. The predicted octanol–water partition coefficient (Wildman–Crippen LogP) is 4.88. The van der Waals surface area contributed by atoms with Gasteiger partial charge < -0.3 is 16.4 Å². The topological polar surface area (TPSA) is 79.5 Å². The van der Waals surface area contributed by atoms with Crippen LogP contribution >= 0.6 is 24.0 Å². The molecule has 0 saturated heterocycles. The molecular weight excluding hydrogens is 463 g/mol. The third-order valence-electron chi connectivity index (χ3n) is 4.46. The van der Waals surface area contributed by atoms with E-state index in [0.717, 1.165) is 17.7 Å². The fourth-order valence-corrected chi connectivity index (χ4v) is 2.51. The van der Waals surface area contributed by atoms with Crippen LogP contribution in [0.1, 0.15) is 61.5 Å². The number of nitrogens with zero attached hydrogens (tertiary/aromatic N) is 1. The minimum absolute atomic E-state index is 0. The van der Waals surface area contributed by atoms with E-state index in [-0.39, 0.29) is 35.9 Å². The van der Waals surface area contributed by atoms with E-state index in [9.17, 15) is 4.79 Å². The normalized spacial score (nSPS) is 12.2. The molecule has 0 heterocycles. The number of nitrogens with one attached hydrogen (secondary N) is 2. The lowest BCUT2D eigenvalue weighted by atomic mass is 10.0. The van der Waals surface area contributed by atoms with Gasteiger partial charge in [-0.3, -0.25) is 4.79 Å². The molecule has 0 aliphatic heterocycles. The van der Waals surface area contributed by atoms with Gasteiger partial charge in [0.25, 0.3) is 5.91 Å². The molecule has 1 unspecified atom stereocenters. The summed E-state index contributed by atoms with van der Waals surface area (Å²) in [6.45, 7) is 8.81. The van der Waals surface area contributed by atoms with Crippen molar-refractivity contribution >= 4 is 41.5 Å². The second kappa shape index (κ2) is 11.7. The van der Waals surface area contributed by atoms with Gasteiger partial charge in [0.2, 0.25) is 0 Å². The fourth-order valence-electron chi connectivity index (χ4n) is 2.51. The molecule has 152 valence electrons. The van der Waals surface area contributed by atoms with Crippen LogP contribution in [0.5, 0.6) is 0 Å². The van der Waals surface area contributed by atoms with Gasteiger partial charge in [-0.25, -0.2) is 4.99 Å². The zero-order valence-electron chi connectivity index (χ0n) is 17.0. The second-order valence-electron chi connectivity index (χ2n) is 7.09. The summed E-state index contributed by atoms with van der Waals surface area (Å²) in [6.07, 6.45) is 0.908. The summed E-state index contributed by atoms with van der Waals surface area (Å²) in [7, 11) is 0. The maximum Gasteiger partial charge on any atom is 0.251 e. The molecule has 0 fully saturated rings. The summed E-state index contributed by atoms with van der Waals surface area (Å²) in [5.74, 6) is 0.779. The van der Waals surface area contributed by atoms with Gasteiger partial charge >= 0.3 is 0 Å². The van der Waals surface area contributed by atoms with Crippen LogP contribution in [0.3, 0.4) is 0 Å². The Bertz CT molecular complexity index is 787. The first-order chi connectivity index (χ1) is 12.9. The molecule has 4 N–H and O–H groups in total. The smallest absolute Gasteiger partial charge is 0.251 e. The molecule has 0 aliphatic carbocycles. The maximum absolute atomic E-state index is 12.1. The molecule has 1 atom stereocenters. The molecule has 0 spiro atoms. The van der Waals surface area contributed by atoms with E-state index in [1.807, 2.05) is 50.2 Å². The number of hydrogen-bond donors (Lipinski definition) is 3. The number of carbonyl (C=O) groups is 1. The Balaban J connectivity index is 0.00000392. The first kappa shape index (κ1) is 23.9. The maximum atomic E-state index is 12.1. The van der Waals surface area contributed by atoms with Gasteiger partial charge in [-0.15, -0.1) is 24.0 Å². The van der Waals surface area contributed by atoms with Crippen molar-refractivity contribution in [3.8, 4) is 0 Å². The molecule has 1 amide bonds. The van der Waals surface area contributed by atoms with Crippen LogP contribution in [0.4, 0.5) is 5.69 Å². The first-order valence-corrected chi connectivity index (χ1v) is 9.45. The summed E-state index contributed by atoms with van der Waals surface area (Å²) in [6, 6.07) is 15.8. The molecule has 0 radical (unpaired) electrons. The number of benzene rings is 2. The quantitative estimate of drug-likeness (QED) is 0.292. The van der Waals surface area contributed by atoms with Crippen molar-refractivity contribution in [1.82, 2.24) is 5.32 Å². The van der Waals surface area contributed by atoms with Crippen molar-refractivity contribution in [2.24, 2.45) is 10.7 Å². The van der Waals surface area contributed by atoms with Gasteiger partial charge in [-0.2, -0.15) is 0 Å². The highest BCUT2D eigenvalue weighted by Gasteiger charge is 2.08. The monoisotopic (exact) mass is 494 g/mol. The largest absolute Gasteiger partial charge is 0.370 e. The van der Waals surface area contributed by atoms with Gasteiger partial charge in [0.1, 0.15) is 0 Å². The number of amides is 1. The number of nitrogens with two attached hydrogens (primary N) is 1. The van der Waals surface area contributed by atoms with Crippen LogP contribution in [-0.2, 0) is 6.54 Å². The Morgan fingerprint density at radius 2 is 1.79 bits per heavy atom. The Kier molecular flexibility index (Phi) is 9.99. The van der Waals surface area contributed by atoms with Gasteiger partial charge in [0.05, 0.1) is 6.54 Å². The van der Waals surface area contributed by atoms with Crippen LogP contribution < -0.4 is 16.4 Å². The van der Waals surface area contributed by atoms with E-state index in [4.69, 9.17) is 5.73 Å². The molecule has 2 aromatic rings. The molecule has 2 rings (SSSR count). The number of carbonyl (C=O) groups excluding carboxylic acids is 1. The van der Waals surface area contributed by atoms with Crippen molar-refractivity contribution in [3.05, 3.63) is 65.2 Å². The van der Waals surface area contributed by atoms with Gasteiger partial charge in [0, 0.05) is 17.3 Å². The standard InChI is InChI=1S/C22H30N4O.HI/c1-5-16(4)25-21(27)18-11-9-17(10-12-18)14-24-22(23)26-20-8-6-7-19(13-20)15(2)3;/h6-13,15-16H,5,14H2,1-4H3,(H,25,27)(H3,23,24,26);1H. The summed E-state index contributed by atoms with van der Waals surface area (Å²) >= 11 is 0. The van der Waals surface area contributed by atoms with E-state index in [1.165, 1.54) is 5.56 Å². The summed E-state index contributed by atoms with van der Waals surface area (Å²) in [5, 5.41) is 6.09. The molecule has 0 aliphatic rings. The van der Waals surface area contributed by atoms with Crippen LogP contribution in [0, 0.1) is 0 Å². The van der Waals surface area contributed by atoms with Crippen molar-refractivity contribution < 1.29 is 4.79 Å². The van der Waals surface area contributed by atoms with Crippen LogP contribution in [0.15, 0.2) is 53.5 Å². The van der Waals surface area contributed by atoms with Gasteiger partial charge in [-0.1, -0.05) is 45.0 Å². The average Bonchev–Trinajstić information content (AvgIpc) is 2.66. The lowest BCUT2D eigenvalue weighted by Gasteiger charge is -2.11. The zero-order chi connectivity index (χ0) is 19.8. The number of guanidine groups is 1. The van der Waals surface area contributed by atoms with Gasteiger partial charge in [0.15, 0.2) is 5.96 Å². The molecule has 28 heavy (non-hydrogen) atoms. The number of hydrogen-bond acceptors (Lipinski definition) is 2. The zero-order valence-corrected chi connectivity index (χ0v) is 19.4. The minimum atomic E-state index is -0.0504. The molecule has 5 nitrogen and oxygen atoms in total. The number of anilines is 1. The lowest BCUT2D eigenvalue weighted by Crippen LogP contribution is -2.31. The van der Waals surface area contributed by atoms with E-state index < -0.39 is 0 Å². The second-order valence-corrected chi connectivity index (χ2v) is 7.09. The van der Waals surface area contributed by atoms with Crippen LogP contribution in [-0.4, -0.2) is 17.9 Å². The Hall–Kier alpha value is -2.09. The highest BCUT2D eigenvalue weighted by molar-refractivity contribution is 14.0. The molecule has 0 aromatic heterocycles. The number of halogens is 1. The van der Waals surface area contributed by atoms with Crippen LogP contribution in [0.2, 0.25) is 0 Å². The Labute approximate surface area is 185 Å². The van der Waals surface area contributed by atoms with Crippen LogP contribution in [0.25, 0.3) is 0 Å².